The number of hydrogen-bond donors (Lipinski definition) is 0. The van der Waals surface area contributed by atoms with Gasteiger partial charge in [-0.2, -0.15) is 0 Å². The van der Waals surface area contributed by atoms with Crippen LogP contribution in [0.3, 0.4) is 0 Å². The van der Waals surface area contributed by atoms with Crippen LogP contribution >= 0.6 is 11.3 Å². The summed E-state index contributed by atoms with van der Waals surface area (Å²) in [5, 5.41) is 5.31. The number of thiophene rings is 1. The third kappa shape index (κ3) is 4.05. The molecule has 0 nitrogen and oxygen atoms in total. The Bertz CT molecular complexity index is 392. The maximum absolute atomic E-state index is 3.14. The molecule has 2 heteroatoms. The zero-order chi connectivity index (χ0) is 11.1. The van der Waals surface area contributed by atoms with Crippen molar-refractivity contribution in [2.45, 2.75) is 38.5 Å². The maximum atomic E-state index is 3.14. The summed E-state index contributed by atoms with van der Waals surface area (Å²) in [6.45, 7) is 0. The van der Waals surface area contributed by atoms with Crippen LogP contribution in [0, 0.1) is 0 Å². The Hall–Kier alpha value is -0.690. The summed E-state index contributed by atoms with van der Waals surface area (Å²) in [4.78, 5) is 3.02. The van der Waals surface area contributed by atoms with E-state index < -0.39 is 0 Å². The lowest BCUT2D eigenvalue weighted by Crippen LogP contribution is -1.84. The van der Waals surface area contributed by atoms with Crippen molar-refractivity contribution in [2.24, 2.45) is 0 Å². The largest absolute Gasteiger partial charge is 0.275 e. The van der Waals surface area contributed by atoms with Crippen LogP contribution < -0.4 is 0 Å². The molecule has 0 atom stereocenters. The van der Waals surface area contributed by atoms with Crippen LogP contribution in [-0.4, -0.2) is 5.02 Å². The highest BCUT2D eigenvalue weighted by Gasteiger charge is 2.08. The van der Waals surface area contributed by atoms with Gasteiger partial charge in [0.1, 0.15) is 0 Å². The van der Waals surface area contributed by atoms with Gasteiger partial charge in [0.15, 0.2) is 5.02 Å². The summed E-state index contributed by atoms with van der Waals surface area (Å²) in [6.07, 6.45) is 12.1. The van der Waals surface area contributed by atoms with Crippen molar-refractivity contribution in [3.63, 3.8) is 0 Å². The molecule has 0 saturated carbocycles. The lowest BCUT2D eigenvalue weighted by atomic mass is 10.1. The van der Waals surface area contributed by atoms with Crippen molar-refractivity contribution in [2.75, 3.05) is 0 Å². The SMILES string of the molecule is C1=CC=C(CCCCCCc2cccs2)[S+]=1. The molecular formula is C14H17S2+. The van der Waals surface area contributed by atoms with Crippen LogP contribution in [0.1, 0.15) is 37.0 Å². The summed E-state index contributed by atoms with van der Waals surface area (Å²) in [6, 6.07) is 4.39. The van der Waals surface area contributed by atoms with E-state index >= 15 is 0 Å². The molecule has 0 unspecified atom stereocenters. The average Bonchev–Trinajstić information content (AvgIpc) is 2.96. The first-order chi connectivity index (χ1) is 7.95. The van der Waals surface area contributed by atoms with Crippen LogP contribution in [0.5, 0.6) is 0 Å². The Morgan fingerprint density at radius 3 is 2.69 bits per heavy atom. The fourth-order valence-electron chi connectivity index (χ4n) is 1.81. The number of hydrogen-bond acceptors (Lipinski definition) is 1. The Balaban J connectivity index is 1.48. The fraction of sp³-hybridized carbons (Fsp3) is 0.429. The first-order valence-corrected chi connectivity index (χ1v) is 7.62. The second kappa shape index (κ2) is 6.80. The van der Waals surface area contributed by atoms with Gasteiger partial charge in [-0.05, 0) is 30.7 Å². The number of rotatable bonds is 7. The van der Waals surface area contributed by atoms with Gasteiger partial charge in [-0.3, -0.25) is 0 Å². The van der Waals surface area contributed by atoms with Crippen LogP contribution in [0.15, 0.2) is 34.6 Å². The molecule has 2 rings (SSSR count). The van der Waals surface area contributed by atoms with Crippen LogP contribution in [-0.2, 0) is 17.8 Å². The minimum absolute atomic E-state index is 1.24. The predicted octanol–water partition coefficient (Wildman–Crippen LogP) is 4.18. The van der Waals surface area contributed by atoms with Crippen LogP contribution in [0.2, 0.25) is 0 Å². The summed E-state index contributed by atoms with van der Waals surface area (Å²) in [5.74, 6) is 0. The van der Waals surface area contributed by atoms with Crippen molar-refractivity contribution in [3.8, 4) is 0 Å². The Morgan fingerprint density at radius 1 is 1.12 bits per heavy atom. The number of allylic oxidation sites excluding steroid dienone is 3. The quantitative estimate of drug-likeness (QED) is 0.386. The smallest absolute Gasteiger partial charge is 0.149 e. The fourth-order valence-corrected chi connectivity index (χ4v) is 3.23. The highest BCUT2D eigenvalue weighted by atomic mass is 32.1. The van der Waals surface area contributed by atoms with Gasteiger partial charge in [0, 0.05) is 23.5 Å². The molecule has 0 aliphatic carbocycles. The molecule has 0 saturated heterocycles. The third-order valence-electron chi connectivity index (χ3n) is 2.70. The molecule has 0 N–H and O–H groups in total. The molecule has 1 aliphatic heterocycles. The molecule has 0 radical (unpaired) electrons. The molecule has 2 heterocycles. The number of aryl methyl sites for hydroxylation is 1. The van der Waals surface area contributed by atoms with E-state index in [0.717, 1.165) is 0 Å². The third-order valence-corrected chi connectivity index (χ3v) is 4.50. The first kappa shape index (κ1) is 11.8. The highest BCUT2D eigenvalue weighted by molar-refractivity contribution is 7.81. The summed E-state index contributed by atoms with van der Waals surface area (Å²) >= 11 is 3.64. The highest BCUT2D eigenvalue weighted by Crippen LogP contribution is 2.15. The van der Waals surface area contributed by atoms with Crippen LogP contribution in [0.4, 0.5) is 0 Å². The van der Waals surface area contributed by atoms with Gasteiger partial charge in [0.25, 0.3) is 11.4 Å². The molecule has 0 fully saturated rings. The lowest BCUT2D eigenvalue weighted by molar-refractivity contribution is 0.647. The Morgan fingerprint density at radius 2 is 2.00 bits per heavy atom. The number of unbranched alkanes of at least 4 members (excludes halogenated alkanes) is 3. The maximum Gasteiger partial charge on any atom is 0.275 e. The van der Waals surface area contributed by atoms with Gasteiger partial charge in [0.2, 0.25) is 4.91 Å². The molecule has 1 aromatic heterocycles. The second-order valence-electron chi connectivity index (χ2n) is 4.01. The van der Waals surface area contributed by atoms with Crippen molar-refractivity contribution < 1.29 is 0 Å². The lowest BCUT2D eigenvalue weighted by Gasteiger charge is -1.98. The van der Waals surface area contributed by atoms with Crippen molar-refractivity contribution >= 4 is 27.7 Å². The van der Waals surface area contributed by atoms with E-state index in [0.29, 0.717) is 0 Å². The zero-order valence-electron chi connectivity index (χ0n) is 9.45. The molecule has 1 aromatic rings. The summed E-state index contributed by atoms with van der Waals surface area (Å²) in [5.41, 5.74) is 0. The van der Waals surface area contributed by atoms with Crippen LogP contribution in [0.25, 0.3) is 0 Å². The summed E-state index contributed by atoms with van der Waals surface area (Å²) < 4.78 is 0. The molecule has 0 bridgehead atoms. The summed E-state index contributed by atoms with van der Waals surface area (Å²) in [7, 11) is 0. The predicted molar refractivity (Wildman–Crippen MR) is 76.1 cm³/mol. The van der Waals surface area contributed by atoms with E-state index in [1.165, 1.54) is 48.3 Å². The topological polar surface area (TPSA) is 0 Å². The van der Waals surface area contributed by atoms with E-state index in [-0.39, 0.29) is 0 Å². The van der Waals surface area contributed by atoms with Gasteiger partial charge >= 0.3 is 0 Å². The van der Waals surface area contributed by atoms with Gasteiger partial charge < -0.3 is 0 Å². The van der Waals surface area contributed by atoms with Gasteiger partial charge in [-0.15, -0.1) is 11.3 Å². The Kier molecular flexibility index (Phi) is 5.01. The molecular weight excluding hydrogens is 232 g/mol. The Labute approximate surface area is 106 Å². The molecule has 1 aliphatic rings. The van der Waals surface area contributed by atoms with E-state index in [1.54, 1.807) is 11.4 Å². The zero-order valence-corrected chi connectivity index (χ0v) is 11.1. The van der Waals surface area contributed by atoms with E-state index in [9.17, 15) is 0 Å². The van der Waals surface area contributed by atoms with Crippen molar-refractivity contribution in [3.05, 3.63) is 39.4 Å². The van der Waals surface area contributed by atoms with Crippen molar-refractivity contribution in [1.82, 2.24) is 0 Å². The first-order valence-electron chi connectivity index (χ1n) is 5.92. The van der Waals surface area contributed by atoms with Gasteiger partial charge in [-0.25, -0.2) is 0 Å². The van der Waals surface area contributed by atoms with Gasteiger partial charge in [-0.1, -0.05) is 18.9 Å². The molecule has 0 spiro atoms. The van der Waals surface area contributed by atoms with E-state index in [2.05, 4.69) is 28.6 Å². The minimum atomic E-state index is 1.24. The second-order valence-corrected chi connectivity index (χ2v) is 6.01. The van der Waals surface area contributed by atoms with Crippen molar-refractivity contribution in [1.29, 1.82) is 0 Å². The monoisotopic (exact) mass is 249 g/mol. The standard InChI is InChI=1S/C14H17S2/c1(3-7-13-9-5-11-15-13)2-4-8-14-10-6-12-16-14/h5-6,9-11H,1-4,7-8H2/q+1. The molecule has 0 aromatic carbocycles. The molecule has 84 valence electrons. The normalized spacial score (nSPS) is 13.4. The molecule has 16 heavy (non-hydrogen) atoms. The minimum Gasteiger partial charge on any atom is -0.149 e. The van der Waals surface area contributed by atoms with E-state index in [1.807, 2.05) is 17.4 Å². The molecule has 0 amide bonds. The van der Waals surface area contributed by atoms with Gasteiger partial charge in [0.05, 0.1) is 0 Å². The average molecular weight is 249 g/mol. The van der Waals surface area contributed by atoms with E-state index in [4.69, 9.17) is 0 Å².